The highest BCUT2D eigenvalue weighted by atomic mass is 35.5. The van der Waals surface area contributed by atoms with Crippen molar-refractivity contribution in [3.05, 3.63) is 45.0 Å². The standard InChI is InChI=1S/C22H27Cl3N6O/c1-13-12-30(8-9-31(13)21(32)19-4-3-7-26-19)22-27-11-18(25)20(29-22)28-14(2)16-6-5-15(23)10-17(16)24/h5-6,10-11,13-14,19,26H,3-4,7-9,12H2,1-2H3,(H,27,28,29)/t13-,14?,19-/m1/s1. The maximum atomic E-state index is 12.8. The van der Waals surface area contributed by atoms with Crippen molar-refractivity contribution in [2.75, 3.05) is 36.4 Å². The topological polar surface area (TPSA) is 73.4 Å². The second kappa shape index (κ2) is 10.00. The van der Waals surface area contributed by atoms with E-state index < -0.39 is 0 Å². The number of piperazine rings is 1. The van der Waals surface area contributed by atoms with Crippen LogP contribution in [0.25, 0.3) is 0 Å². The summed E-state index contributed by atoms with van der Waals surface area (Å²) < 4.78 is 0. The Morgan fingerprint density at radius 2 is 2.06 bits per heavy atom. The molecule has 0 aliphatic carbocycles. The van der Waals surface area contributed by atoms with Crippen LogP contribution in [0, 0.1) is 0 Å². The van der Waals surface area contributed by atoms with Gasteiger partial charge in [0.15, 0.2) is 5.82 Å². The maximum Gasteiger partial charge on any atom is 0.240 e. The number of nitrogens with one attached hydrogen (secondary N) is 2. The molecule has 10 heteroatoms. The summed E-state index contributed by atoms with van der Waals surface area (Å²) in [5.74, 6) is 1.32. The molecule has 2 saturated heterocycles. The van der Waals surface area contributed by atoms with Crippen molar-refractivity contribution in [3.8, 4) is 0 Å². The molecule has 172 valence electrons. The summed E-state index contributed by atoms with van der Waals surface area (Å²) in [7, 11) is 0. The fraction of sp³-hybridized carbons (Fsp3) is 0.500. The fourth-order valence-corrected chi connectivity index (χ4v) is 5.03. The number of benzene rings is 1. The van der Waals surface area contributed by atoms with Gasteiger partial charge in [0.1, 0.15) is 5.02 Å². The van der Waals surface area contributed by atoms with E-state index >= 15 is 0 Å². The summed E-state index contributed by atoms with van der Waals surface area (Å²) in [6, 6.07) is 5.29. The van der Waals surface area contributed by atoms with E-state index in [1.54, 1.807) is 18.3 Å². The fourth-order valence-electron chi connectivity index (χ4n) is 4.31. The Labute approximate surface area is 203 Å². The van der Waals surface area contributed by atoms with Crippen LogP contribution in [0.2, 0.25) is 15.1 Å². The van der Waals surface area contributed by atoms with Crippen LogP contribution < -0.4 is 15.5 Å². The molecule has 0 bridgehead atoms. The molecule has 2 aliphatic heterocycles. The van der Waals surface area contributed by atoms with E-state index in [9.17, 15) is 4.79 Å². The number of aromatic nitrogens is 2. The summed E-state index contributed by atoms with van der Waals surface area (Å²) in [5, 5.41) is 8.23. The number of carbonyl (C=O) groups excluding carboxylic acids is 1. The Bertz CT molecular complexity index is 984. The smallest absolute Gasteiger partial charge is 0.240 e. The van der Waals surface area contributed by atoms with Crippen LogP contribution in [-0.4, -0.2) is 59.0 Å². The van der Waals surface area contributed by atoms with Crippen molar-refractivity contribution in [2.24, 2.45) is 0 Å². The molecule has 2 fully saturated rings. The highest BCUT2D eigenvalue weighted by Gasteiger charge is 2.33. The highest BCUT2D eigenvalue weighted by molar-refractivity contribution is 6.35. The normalized spacial score (nSPS) is 22.2. The predicted molar refractivity (Wildman–Crippen MR) is 130 cm³/mol. The zero-order valence-corrected chi connectivity index (χ0v) is 20.4. The Balaban J connectivity index is 1.45. The van der Waals surface area contributed by atoms with Gasteiger partial charge >= 0.3 is 0 Å². The number of halogens is 3. The average Bonchev–Trinajstić information content (AvgIpc) is 3.29. The van der Waals surface area contributed by atoms with Crippen LogP contribution in [-0.2, 0) is 4.79 Å². The molecule has 0 spiro atoms. The van der Waals surface area contributed by atoms with Gasteiger partial charge in [-0.1, -0.05) is 40.9 Å². The lowest BCUT2D eigenvalue weighted by Crippen LogP contribution is -2.57. The number of rotatable bonds is 5. The van der Waals surface area contributed by atoms with Gasteiger partial charge in [-0.2, -0.15) is 4.98 Å². The Morgan fingerprint density at radius 3 is 2.75 bits per heavy atom. The van der Waals surface area contributed by atoms with Crippen molar-refractivity contribution in [2.45, 2.75) is 44.8 Å². The summed E-state index contributed by atoms with van der Waals surface area (Å²) in [4.78, 5) is 26.0. The quantitative estimate of drug-likeness (QED) is 0.638. The molecular weight excluding hydrogens is 471 g/mol. The molecular formula is C22H27Cl3N6O. The van der Waals surface area contributed by atoms with Gasteiger partial charge < -0.3 is 20.4 Å². The number of nitrogens with zero attached hydrogens (tertiary/aromatic N) is 4. The first-order valence-electron chi connectivity index (χ1n) is 10.9. The van der Waals surface area contributed by atoms with Gasteiger partial charge in [0, 0.05) is 35.7 Å². The number of amides is 1. The van der Waals surface area contributed by atoms with Gasteiger partial charge in [-0.15, -0.1) is 0 Å². The molecule has 0 saturated carbocycles. The molecule has 1 aromatic heterocycles. The third kappa shape index (κ3) is 5.06. The Kier molecular flexibility index (Phi) is 7.30. The largest absolute Gasteiger partial charge is 0.362 e. The lowest BCUT2D eigenvalue weighted by atomic mass is 10.1. The zero-order valence-electron chi connectivity index (χ0n) is 18.1. The first-order valence-corrected chi connectivity index (χ1v) is 12.0. The van der Waals surface area contributed by atoms with Crippen LogP contribution in [0.4, 0.5) is 11.8 Å². The van der Waals surface area contributed by atoms with Crippen molar-refractivity contribution in [1.29, 1.82) is 0 Å². The second-order valence-corrected chi connectivity index (χ2v) is 9.62. The summed E-state index contributed by atoms with van der Waals surface area (Å²) in [6.45, 7) is 6.94. The van der Waals surface area contributed by atoms with Crippen molar-refractivity contribution < 1.29 is 4.79 Å². The van der Waals surface area contributed by atoms with E-state index in [0.29, 0.717) is 46.5 Å². The minimum absolute atomic E-state index is 0.0484. The SMILES string of the molecule is CC(Nc1nc(N2CCN(C(=O)[C@H]3CCCN3)[C@H](C)C2)ncc1Cl)c1ccc(Cl)cc1Cl. The molecule has 1 amide bonds. The van der Waals surface area contributed by atoms with Crippen LogP contribution >= 0.6 is 34.8 Å². The minimum Gasteiger partial charge on any atom is -0.362 e. The van der Waals surface area contributed by atoms with Crippen LogP contribution in [0.15, 0.2) is 24.4 Å². The molecule has 3 atom stereocenters. The van der Waals surface area contributed by atoms with Gasteiger partial charge in [0.05, 0.1) is 18.3 Å². The van der Waals surface area contributed by atoms with E-state index in [2.05, 4.69) is 32.4 Å². The summed E-state index contributed by atoms with van der Waals surface area (Å²) in [5.41, 5.74) is 0.897. The highest BCUT2D eigenvalue weighted by Crippen LogP contribution is 2.31. The number of carbonyl (C=O) groups is 1. The van der Waals surface area contributed by atoms with Crippen molar-refractivity contribution in [3.63, 3.8) is 0 Å². The second-order valence-electron chi connectivity index (χ2n) is 8.37. The predicted octanol–water partition coefficient (Wildman–Crippen LogP) is 4.40. The van der Waals surface area contributed by atoms with Gasteiger partial charge in [0.25, 0.3) is 0 Å². The van der Waals surface area contributed by atoms with E-state index in [1.165, 1.54) is 0 Å². The molecule has 32 heavy (non-hydrogen) atoms. The Morgan fingerprint density at radius 1 is 1.25 bits per heavy atom. The monoisotopic (exact) mass is 496 g/mol. The summed E-state index contributed by atoms with van der Waals surface area (Å²) in [6.07, 6.45) is 3.57. The average molecular weight is 498 g/mol. The molecule has 1 aromatic carbocycles. The molecule has 2 N–H and O–H groups in total. The molecule has 1 unspecified atom stereocenters. The molecule has 2 aliphatic rings. The molecule has 2 aromatic rings. The minimum atomic E-state index is -0.132. The lowest BCUT2D eigenvalue weighted by Gasteiger charge is -2.41. The number of hydrogen-bond donors (Lipinski definition) is 2. The van der Waals surface area contributed by atoms with Crippen LogP contribution in [0.3, 0.4) is 0 Å². The first kappa shape index (κ1) is 23.4. The summed E-state index contributed by atoms with van der Waals surface area (Å²) >= 11 is 18.7. The van der Waals surface area contributed by atoms with Gasteiger partial charge in [-0.25, -0.2) is 4.98 Å². The van der Waals surface area contributed by atoms with E-state index in [0.717, 1.165) is 24.9 Å². The van der Waals surface area contributed by atoms with Gasteiger partial charge in [-0.3, -0.25) is 4.79 Å². The lowest BCUT2D eigenvalue weighted by molar-refractivity contribution is -0.135. The third-order valence-corrected chi connectivity index (χ3v) is 6.90. The zero-order chi connectivity index (χ0) is 22.8. The van der Waals surface area contributed by atoms with Crippen LogP contribution in [0.1, 0.15) is 38.3 Å². The van der Waals surface area contributed by atoms with Crippen molar-refractivity contribution >= 4 is 52.5 Å². The van der Waals surface area contributed by atoms with Crippen LogP contribution in [0.5, 0.6) is 0 Å². The molecule has 3 heterocycles. The number of anilines is 2. The van der Waals surface area contributed by atoms with Gasteiger partial charge in [0.2, 0.25) is 11.9 Å². The first-order chi connectivity index (χ1) is 15.3. The van der Waals surface area contributed by atoms with E-state index in [-0.39, 0.29) is 24.0 Å². The maximum absolute atomic E-state index is 12.8. The molecule has 7 nitrogen and oxygen atoms in total. The molecule has 4 rings (SSSR count). The number of hydrogen-bond acceptors (Lipinski definition) is 6. The van der Waals surface area contributed by atoms with Gasteiger partial charge in [-0.05, 0) is 50.9 Å². The molecule has 0 radical (unpaired) electrons. The van der Waals surface area contributed by atoms with Crippen molar-refractivity contribution in [1.82, 2.24) is 20.2 Å². The third-order valence-electron chi connectivity index (χ3n) is 6.07. The van der Waals surface area contributed by atoms with E-state index in [4.69, 9.17) is 34.8 Å². The van der Waals surface area contributed by atoms with E-state index in [1.807, 2.05) is 17.9 Å². The Hall–Kier alpha value is -1.80.